The van der Waals surface area contributed by atoms with Gasteiger partial charge in [-0.2, -0.15) is 0 Å². The first-order valence-electron chi connectivity index (χ1n) is 6.90. The van der Waals surface area contributed by atoms with Crippen LogP contribution in [0.15, 0.2) is 46.9 Å². The molecular weight excluding hydrogens is 314 g/mol. The van der Waals surface area contributed by atoms with Gasteiger partial charge in [-0.05, 0) is 58.2 Å². The van der Waals surface area contributed by atoms with Crippen molar-refractivity contribution in [3.05, 3.63) is 63.6 Å². The van der Waals surface area contributed by atoms with Gasteiger partial charge in [0.1, 0.15) is 5.75 Å². The molecule has 3 heteroatoms. The number of phenolic OH excluding ortho intramolecular Hbond substituents is 1. The Morgan fingerprint density at radius 3 is 2.70 bits per heavy atom. The predicted octanol–water partition coefficient (Wildman–Crippen LogP) is 3.77. The number of hydrogen-bond donors (Lipinski definition) is 1. The minimum absolute atomic E-state index is 0.317. The zero-order valence-electron chi connectivity index (χ0n) is 11.5. The lowest BCUT2D eigenvalue weighted by atomic mass is 9.88. The fourth-order valence-electron chi connectivity index (χ4n) is 2.94. The van der Waals surface area contributed by atoms with E-state index in [0.717, 1.165) is 24.0 Å². The number of phenols is 1. The second-order valence-electron chi connectivity index (χ2n) is 5.48. The molecule has 1 atom stereocenters. The second kappa shape index (κ2) is 5.58. The molecule has 0 bridgehead atoms. The van der Waals surface area contributed by atoms with Crippen LogP contribution < -0.4 is 0 Å². The minimum Gasteiger partial charge on any atom is -0.507 e. The van der Waals surface area contributed by atoms with Crippen LogP contribution in [0.5, 0.6) is 5.75 Å². The highest BCUT2D eigenvalue weighted by atomic mass is 79.9. The van der Waals surface area contributed by atoms with Crippen molar-refractivity contribution in [1.29, 1.82) is 0 Å². The number of hydrogen-bond acceptors (Lipinski definition) is 2. The summed E-state index contributed by atoms with van der Waals surface area (Å²) in [6, 6.07) is 14.6. The molecule has 1 heterocycles. The van der Waals surface area contributed by atoms with E-state index in [1.165, 1.54) is 16.7 Å². The lowest BCUT2D eigenvalue weighted by Crippen LogP contribution is -2.24. The third kappa shape index (κ3) is 2.60. The molecule has 0 fully saturated rings. The Morgan fingerprint density at radius 1 is 1.20 bits per heavy atom. The highest BCUT2D eigenvalue weighted by Gasteiger charge is 2.24. The van der Waals surface area contributed by atoms with Gasteiger partial charge in [-0.15, -0.1) is 0 Å². The van der Waals surface area contributed by atoms with Crippen molar-refractivity contribution in [1.82, 2.24) is 4.90 Å². The van der Waals surface area contributed by atoms with Gasteiger partial charge in [0.05, 0.1) is 4.47 Å². The molecule has 2 nitrogen and oxygen atoms in total. The third-order valence-corrected chi connectivity index (χ3v) is 4.68. The van der Waals surface area contributed by atoms with Crippen molar-refractivity contribution in [2.75, 3.05) is 20.1 Å². The normalized spacial score (nSPS) is 19.4. The smallest absolute Gasteiger partial charge is 0.130 e. The monoisotopic (exact) mass is 331 g/mol. The summed E-state index contributed by atoms with van der Waals surface area (Å²) < 4.78 is 0.785. The molecule has 0 unspecified atom stereocenters. The zero-order chi connectivity index (χ0) is 14.1. The molecule has 0 aliphatic carbocycles. The SMILES string of the molecule is CN1CCc2cc(Br)c(O)cc2[C@@H](c2ccccc2)C1. The first-order chi connectivity index (χ1) is 9.65. The van der Waals surface area contributed by atoms with E-state index in [1.807, 2.05) is 12.1 Å². The maximum absolute atomic E-state index is 10.0. The Labute approximate surface area is 128 Å². The average molecular weight is 332 g/mol. The summed E-state index contributed by atoms with van der Waals surface area (Å²) in [4.78, 5) is 2.36. The molecule has 2 aromatic carbocycles. The van der Waals surface area contributed by atoms with Gasteiger partial charge in [-0.3, -0.25) is 0 Å². The second-order valence-corrected chi connectivity index (χ2v) is 6.33. The van der Waals surface area contributed by atoms with Crippen LogP contribution in [0.25, 0.3) is 0 Å². The van der Waals surface area contributed by atoms with Crippen molar-refractivity contribution in [3.63, 3.8) is 0 Å². The number of likely N-dealkylation sites (N-methyl/N-ethyl adjacent to an activating group) is 1. The molecule has 0 saturated heterocycles. The Balaban J connectivity index is 2.12. The molecule has 0 aromatic heterocycles. The standard InChI is InChI=1S/C17H18BrNO/c1-19-8-7-13-9-16(18)17(20)10-14(13)15(11-19)12-5-3-2-4-6-12/h2-6,9-10,15,20H,7-8,11H2,1H3/t15-/m1/s1. The van der Waals surface area contributed by atoms with Gasteiger partial charge in [-0.1, -0.05) is 30.3 Å². The molecule has 20 heavy (non-hydrogen) atoms. The Kier molecular flexibility index (Phi) is 3.81. The van der Waals surface area contributed by atoms with Crippen LogP contribution in [-0.2, 0) is 6.42 Å². The van der Waals surface area contributed by atoms with Crippen LogP contribution in [0.1, 0.15) is 22.6 Å². The van der Waals surface area contributed by atoms with Gasteiger partial charge in [0.15, 0.2) is 0 Å². The van der Waals surface area contributed by atoms with Gasteiger partial charge in [-0.25, -0.2) is 0 Å². The average Bonchev–Trinajstić information content (AvgIpc) is 2.61. The number of halogens is 1. The number of benzene rings is 2. The third-order valence-electron chi connectivity index (χ3n) is 4.04. The summed E-state index contributed by atoms with van der Waals surface area (Å²) >= 11 is 3.43. The topological polar surface area (TPSA) is 23.5 Å². The molecule has 0 spiro atoms. The number of fused-ring (bicyclic) bond motifs is 1. The summed E-state index contributed by atoms with van der Waals surface area (Å²) in [6.45, 7) is 2.03. The molecule has 3 rings (SSSR count). The first-order valence-corrected chi connectivity index (χ1v) is 7.69. The number of rotatable bonds is 1. The molecule has 0 amide bonds. The molecule has 1 aliphatic heterocycles. The van der Waals surface area contributed by atoms with E-state index in [1.54, 1.807) is 0 Å². The lowest BCUT2D eigenvalue weighted by molar-refractivity contribution is 0.338. The molecule has 1 N–H and O–H groups in total. The lowest BCUT2D eigenvalue weighted by Gasteiger charge is -2.22. The quantitative estimate of drug-likeness (QED) is 0.859. The van der Waals surface area contributed by atoms with Crippen LogP contribution in [0.3, 0.4) is 0 Å². The summed E-state index contributed by atoms with van der Waals surface area (Å²) in [5.74, 6) is 0.645. The molecular formula is C17H18BrNO. The van der Waals surface area contributed by atoms with Crippen molar-refractivity contribution in [3.8, 4) is 5.75 Å². The van der Waals surface area contributed by atoms with Crippen LogP contribution in [0.2, 0.25) is 0 Å². The first kappa shape index (κ1) is 13.7. The zero-order valence-corrected chi connectivity index (χ0v) is 13.1. The highest BCUT2D eigenvalue weighted by Crippen LogP contribution is 2.36. The van der Waals surface area contributed by atoms with Gasteiger partial charge < -0.3 is 10.0 Å². The Bertz CT molecular complexity index is 612. The van der Waals surface area contributed by atoms with Crippen molar-refractivity contribution in [2.24, 2.45) is 0 Å². The van der Waals surface area contributed by atoms with E-state index < -0.39 is 0 Å². The van der Waals surface area contributed by atoms with Crippen LogP contribution in [0.4, 0.5) is 0 Å². The van der Waals surface area contributed by atoms with E-state index >= 15 is 0 Å². The van der Waals surface area contributed by atoms with E-state index in [4.69, 9.17) is 0 Å². The van der Waals surface area contributed by atoms with Gasteiger partial charge in [0.2, 0.25) is 0 Å². The van der Waals surface area contributed by atoms with E-state index in [-0.39, 0.29) is 0 Å². The minimum atomic E-state index is 0.317. The largest absolute Gasteiger partial charge is 0.507 e. The van der Waals surface area contributed by atoms with Gasteiger partial charge in [0.25, 0.3) is 0 Å². The number of nitrogens with zero attached hydrogens (tertiary/aromatic N) is 1. The summed E-state index contributed by atoms with van der Waals surface area (Å²) in [7, 11) is 2.16. The van der Waals surface area contributed by atoms with E-state index in [2.05, 4.69) is 58.2 Å². The Hall–Kier alpha value is -1.32. The molecule has 1 aliphatic rings. The molecule has 0 saturated carbocycles. The van der Waals surface area contributed by atoms with Gasteiger partial charge in [0, 0.05) is 19.0 Å². The molecule has 2 aromatic rings. The Morgan fingerprint density at radius 2 is 1.95 bits per heavy atom. The predicted molar refractivity (Wildman–Crippen MR) is 85.3 cm³/mol. The van der Waals surface area contributed by atoms with Crippen LogP contribution in [0, 0.1) is 0 Å². The van der Waals surface area contributed by atoms with E-state index in [9.17, 15) is 5.11 Å². The van der Waals surface area contributed by atoms with Crippen molar-refractivity contribution in [2.45, 2.75) is 12.3 Å². The summed E-state index contributed by atoms with van der Waals surface area (Å²) in [6.07, 6.45) is 1.02. The van der Waals surface area contributed by atoms with E-state index in [0.29, 0.717) is 11.7 Å². The summed E-state index contributed by atoms with van der Waals surface area (Å²) in [5, 5.41) is 10.0. The highest BCUT2D eigenvalue weighted by molar-refractivity contribution is 9.10. The van der Waals surface area contributed by atoms with Crippen molar-refractivity contribution < 1.29 is 5.11 Å². The summed E-state index contributed by atoms with van der Waals surface area (Å²) in [5.41, 5.74) is 3.89. The fraction of sp³-hybridized carbons (Fsp3) is 0.294. The maximum atomic E-state index is 10.0. The molecule has 104 valence electrons. The van der Waals surface area contributed by atoms with Crippen molar-refractivity contribution >= 4 is 15.9 Å². The number of aromatic hydroxyl groups is 1. The van der Waals surface area contributed by atoms with Crippen LogP contribution >= 0.6 is 15.9 Å². The van der Waals surface area contributed by atoms with Crippen LogP contribution in [-0.4, -0.2) is 30.1 Å². The maximum Gasteiger partial charge on any atom is 0.130 e. The fourth-order valence-corrected chi connectivity index (χ4v) is 3.33. The van der Waals surface area contributed by atoms with Gasteiger partial charge >= 0.3 is 0 Å². The molecule has 0 radical (unpaired) electrons.